The molecule has 0 bridgehead atoms. The van der Waals surface area contributed by atoms with Gasteiger partial charge in [0.2, 0.25) is 0 Å². The van der Waals surface area contributed by atoms with Crippen LogP contribution in [0.15, 0.2) is 24.3 Å². The maximum absolute atomic E-state index is 12.5. The molecule has 1 amide bonds. The summed E-state index contributed by atoms with van der Waals surface area (Å²) in [6.07, 6.45) is -6.04. The van der Waals surface area contributed by atoms with Gasteiger partial charge in [-0.1, -0.05) is 12.1 Å². The molecule has 0 saturated heterocycles. The quantitative estimate of drug-likeness (QED) is 0.838. The second-order valence-corrected chi connectivity index (χ2v) is 2.66. The summed E-state index contributed by atoms with van der Waals surface area (Å²) in [6.45, 7) is 0. The molecule has 1 aromatic carbocycles. The van der Waals surface area contributed by atoms with Crippen molar-refractivity contribution in [2.75, 3.05) is 0 Å². The summed E-state index contributed by atoms with van der Waals surface area (Å²) >= 11 is 0. The summed E-state index contributed by atoms with van der Waals surface area (Å²) in [4.78, 5) is 10.8. The molecule has 0 aliphatic rings. The molecule has 1 rings (SSSR count). The van der Waals surface area contributed by atoms with Crippen LogP contribution < -0.4 is 10.5 Å². The number of ether oxygens (including phenoxy) is 1. The lowest BCUT2D eigenvalue weighted by atomic mass is 10.2. The van der Waals surface area contributed by atoms with Crippen LogP contribution in [-0.2, 0) is 0 Å². The maximum Gasteiger partial charge on any atom is 0.304 e. The van der Waals surface area contributed by atoms with Crippen molar-refractivity contribution in [1.82, 2.24) is 0 Å². The Balaban J connectivity index is 2.89. The Kier molecular flexibility index (Phi) is 3.54. The highest BCUT2D eigenvalue weighted by Gasteiger charge is 2.22. The number of nitrogens with two attached hydrogens (primary N) is 1. The van der Waals surface area contributed by atoms with E-state index in [1.807, 2.05) is 0 Å². The van der Waals surface area contributed by atoms with E-state index in [2.05, 4.69) is 4.74 Å². The molecule has 0 aromatic heterocycles. The molecular weight excluding hydrogens is 211 g/mol. The van der Waals surface area contributed by atoms with Crippen molar-refractivity contribution in [1.29, 1.82) is 0 Å². The van der Waals surface area contributed by atoms with Crippen molar-refractivity contribution >= 4 is 5.91 Å². The lowest BCUT2D eigenvalue weighted by molar-refractivity contribution is -0.0671. The minimum absolute atomic E-state index is 0.138. The van der Waals surface area contributed by atoms with Crippen LogP contribution in [0, 0.1) is 0 Å². The van der Waals surface area contributed by atoms with Crippen molar-refractivity contribution in [2.45, 2.75) is 12.8 Å². The van der Waals surface area contributed by atoms with Gasteiger partial charge in [0.25, 0.3) is 12.3 Å². The summed E-state index contributed by atoms with van der Waals surface area (Å²) in [7, 11) is 0. The highest BCUT2D eigenvalue weighted by molar-refractivity contribution is 5.95. The van der Waals surface area contributed by atoms with E-state index in [-0.39, 0.29) is 11.3 Å². The van der Waals surface area contributed by atoms with Crippen molar-refractivity contribution in [3.05, 3.63) is 29.8 Å². The third-order valence-corrected chi connectivity index (χ3v) is 1.59. The van der Waals surface area contributed by atoms with Gasteiger partial charge in [0.1, 0.15) is 5.75 Å². The van der Waals surface area contributed by atoms with Crippen LogP contribution in [0.2, 0.25) is 0 Å². The van der Waals surface area contributed by atoms with Crippen LogP contribution in [0.4, 0.5) is 13.2 Å². The van der Waals surface area contributed by atoms with Gasteiger partial charge in [-0.2, -0.15) is 4.39 Å². The number of para-hydroxylation sites is 1. The van der Waals surface area contributed by atoms with Crippen molar-refractivity contribution in [2.24, 2.45) is 5.73 Å². The first-order chi connectivity index (χ1) is 7.02. The minimum atomic E-state index is -3.27. The van der Waals surface area contributed by atoms with E-state index >= 15 is 0 Å². The molecule has 0 aliphatic carbocycles. The minimum Gasteiger partial charge on any atom is -0.454 e. The van der Waals surface area contributed by atoms with Crippen molar-refractivity contribution < 1.29 is 22.7 Å². The van der Waals surface area contributed by atoms with Gasteiger partial charge in [-0.15, -0.1) is 0 Å². The highest BCUT2D eigenvalue weighted by Crippen LogP contribution is 2.21. The average molecular weight is 219 g/mol. The largest absolute Gasteiger partial charge is 0.454 e. The fraction of sp³-hybridized carbons (Fsp3) is 0.222. The Labute approximate surface area is 83.6 Å². The third kappa shape index (κ3) is 2.87. The van der Waals surface area contributed by atoms with E-state index in [0.717, 1.165) is 0 Å². The number of hydrogen-bond donors (Lipinski definition) is 1. The van der Waals surface area contributed by atoms with Crippen LogP contribution in [-0.4, -0.2) is 18.7 Å². The van der Waals surface area contributed by atoms with Gasteiger partial charge >= 0.3 is 6.43 Å². The molecule has 0 spiro atoms. The van der Waals surface area contributed by atoms with Crippen LogP contribution >= 0.6 is 0 Å². The van der Waals surface area contributed by atoms with Gasteiger partial charge < -0.3 is 10.5 Å². The summed E-state index contributed by atoms with van der Waals surface area (Å²) in [5.41, 5.74) is 4.80. The van der Waals surface area contributed by atoms with E-state index in [4.69, 9.17) is 5.73 Å². The van der Waals surface area contributed by atoms with E-state index in [1.165, 1.54) is 24.3 Å². The molecule has 1 aromatic rings. The fourth-order valence-electron chi connectivity index (χ4n) is 0.946. The number of primary amides is 1. The van der Waals surface area contributed by atoms with Gasteiger partial charge in [-0.25, -0.2) is 8.78 Å². The second kappa shape index (κ2) is 4.68. The molecule has 0 fully saturated rings. The predicted octanol–water partition coefficient (Wildman–Crippen LogP) is 1.73. The Morgan fingerprint density at radius 1 is 1.27 bits per heavy atom. The van der Waals surface area contributed by atoms with E-state index in [9.17, 15) is 18.0 Å². The normalized spacial score (nSPS) is 12.5. The summed E-state index contributed by atoms with van der Waals surface area (Å²) < 4.78 is 40.4. The van der Waals surface area contributed by atoms with Gasteiger partial charge in [-0.3, -0.25) is 4.79 Å². The lowest BCUT2D eigenvalue weighted by Crippen LogP contribution is -2.22. The Morgan fingerprint density at radius 3 is 2.40 bits per heavy atom. The molecule has 0 saturated carbocycles. The SMILES string of the molecule is NC(=O)c1ccccc1OC(F)C(F)F. The standard InChI is InChI=1S/C9H8F3NO2/c10-7(11)8(12)15-6-4-2-1-3-5(6)9(13)14/h1-4,7-8H,(H2,13,14). The maximum atomic E-state index is 12.5. The average Bonchev–Trinajstić information content (AvgIpc) is 2.18. The van der Waals surface area contributed by atoms with Gasteiger partial charge in [0, 0.05) is 0 Å². The van der Waals surface area contributed by atoms with Crippen LogP contribution in [0.1, 0.15) is 10.4 Å². The smallest absolute Gasteiger partial charge is 0.304 e. The molecule has 0 aliphatic heterocycles. The van der Waals surface area contributed by atoms with Gasteiger partial charge in [0.05, 0.1) is 5.56 Å². The number of carbonyl (C=O) groups excluding carboxylic acids is 1. The molecule has 0 radical (unpaired) electrons. The molecule has 15 heavy (non-hydrogen) atoms. The Hall–Kier alpha value is -1.72. The number of amides is 1. The first kappa shape index (κ1) is 11.4. The van der Waals surface area contributed by atoms with Crippen molar-refractivity contribution in [3.8, 4) is 5.75 Å². The molecule has 3 nitrogen and oxygen atoms in total. The number of rotatable bonds is 4. The summed E-state index contributed by atoms with van der Waals surface area (Å²) in [5.74, 6) is -1.16. The lowest BCUT2D eigenvalue weighted by Gasteiger charge is -2.12. The third-order valence-electron chi connectivity index (χ3n) is 1.59. The van der Waals surface area contributed by atoms with E-state index in [1.54, 1.807) is 0 Å². The monoisotopic (exact) mass is 219 g/mol. The van der Waals surface area contributed by atoms with E-state index < -0.39 is 18.7 Å². The van der Waals surface area contributed by atoms with Crippen molar-refractivity contribution in [3.63, 3.8) is 0 Å². The van der Waals surface area contributed by atoms with Crippen LogP contribution in [0.5, 0.6) is 5.75 Å². The number of hydrogen-bond acceptors (Lipinski definition) is 2. The second-order valence-electron chi connectivity index (χ2n) is 2.66. The predicted molar refractivity (Wildman–Crippen MR) is 46.5 cm³/mol. The van der Waals surface area contributed by atoms with Gasteiger partial charge in [0.15, 0.2) is 0 Å². The number of halogens is 3. The topological polar surface area (TPSA) is 52.3 Å². The Morgan fingerprint density at radius 2 is 1.87 bits per heavy atom. The summed E-state index contributed by atoms with van der Waals surface area (Å²) in [6, 6.07) is 5.33. The molecule has 1 atom stereocenters. The number of carbonyl (C=O) groups is 1. The summed E-state index contributed by atoms with van der Waals surface area (Å²) in [5, 5.41) is 0. The fourth-order valence-corrected chi connectivity index (χ4v) is 0.946. The van der Waals surface area contributed by atoms with Crippen LogP contribution in [0.25, 0.3) is 0 Å². The first-order valence-corrected chi connectivity index (χ1v) is 4.00. The van der Waals surface area contributed by atoms with E-state index in [0.29, 0.717) is 0 Å². The zero-order valence-corrected chi connectivity index (χ0v) is 7.49. The number of benzene rings is 1. The molecule has 6 heteroatoms. The Bertz CT molecular complexity index is 357. The molecule has 82 valence electrons. The van der Waals surface area contributed by atoms with Gasteiger partial charge in [-0.05, 0) is 12.1 Å². The molecule has 2 N–H and O–H groups in total. The molecule has 1 unspecified atom stereocenters. The zero-order chi connectivity index (χ0) is 11.4. The van der Waals surface area contributed by atoms with Crippen LogP contribution in [0.3, 0.4) is 0 Å². The number of alkyl halides is 3. The molecular formula is C9H8F3NO2. The first-order valence-electron chi connectivity index (χ1n) is 4.00. The molecule has 0 heterocycles. The highest BCUT2D eigenvalue weighted by atomic mass is 19.3. The zero-order valence-electron chi connectivity index (χ0n) is 7.49.